The predicted octanol–water partition coefficient (Wildman–Crippen LogP) is 6.09. The Bertz CT molecular complexity index is 1730. The minimum Gasteiger partial charge on any atom is -0.377 e. The number of nitro groups is 2. The van der Waals surface area contributed by atoms with Crippen LogP contribution in [0.2, 0.25) is 0 Å². The van der Waals surface area contributed by atoms with Gasteiger partial charge in [0.15, 0.2) is 0 Å². The maximum atomic E-state index is 11.2. The summed E-state index contributed by atoms with van der Waals surface area (Å²) in [6.07, 6.45) is 0. The van der Waals surface area contributed by atoms with Crippen molar-refractivity contribution in [2.24, 2.45) is 0 Å². The van der Waals surface area contributed by atoms with Crippen LogP contribution >= 0.6 is 0 Å². The first-order chi connectivity index (χ1) is 32.0. The van der Waals surface area contributed by atoms with Gasteiger partial charge in [-0.1, -0.05) is 91.0 Å². The standard InChI is InChI=1S/C47H63N3O15/c51-49(52)44-16-17-45(46(40-44)50(53)54)48-18-19-55-20-21-56-22-23-57-24-25-58-26-27-59-28-29-60-30-31-61-32-33-62-34-35-63-36-37-64-38-39-65-47(41-10-4-1-5-11-41,42-12-6-2-7-13-42)43-14-8-3-9-15-43/h1-17,40,48H,18-39H2. The smallest absolute Gasteiger partial charge is 0.299 e. The van der Waals surface area contributed by atoms with Gasteiger partial charge in [-0.15, -0.1) is 0 Å². The number of hydrogen-bond donors (Lipinski definition) is 1. The number of hydrogen-bond acceptors (Lipinski definition) is 16. The van der Waals surface area contributed by atoms with Crippen molar-refractivity contribution in [3.05, 3.63) is 146 Å². The van der Waals surface area contributed by atoms with Gasteiger partial charge in [-0.2, -0.15) is 0 Å². The number of ether oxygens (including phenoxy) is 11. The Morgan fingerprint density at radius 1 is 0.385 bits per heavy atom. The van der Waals surface area contributed by atoms with Crippen molar-refractivity contribution in [3.63, 3.8) is 0 Å². The maximum Gasteiger partial charge on any atom is 0.299 e. The summed E-state index contributed by atoms with van der Waals surface area (Å²) in [7, 11) is 0. The number of nitrogens with one attached hydrogen (secondary N) is 1. The molecule has 0 saturated heterocycles. The zero-order chi connectivity index (χ0) is 45.9. The third kappa shape index (κ3) is 20.8. The number of rotatable bonds is 40. The Balaban J connectivity index is 0.845. The van der Waals surface area contributed by atoms with Crippen LogP contribution in [-0.2, 0) is 57.7 Å². The quantitative estimate of drug-likeness (QED) is 0.0233. The van der Waals surface area contributed by atoms with Crippen molar-refractivity contribution < 1.29 is 62.0 Å². The van der Waals surface area contributed by atoms with Crippen LogP contribution in [-0.4, -0.2) is 155 Å². The second kappa shape index (κ2) is 33.5. The summed E-state index contributed by atoms with van der Waals surface area (Å²) in [5.74, 6) is 0. The zero-order valence-electron chi connectivity index (χ0n) is 37.0. The van der Waals surface area contributed by atoms with E-state index in [0.29, 0.717) is 132 Å². The van der Waals surface area contributed by atoms with Crippen molar-refractivity contribution in [2.75, 3.05) is 151 Å². The van der Waals surface area contributed by atoms with E-state index in [4.69, 9.17) is 52.1 Å². The van der Waals surface area contributed by atoms with Gasteiger partial charge in [0.05, 0.1) is 155 Å². The van der Waals surface area contributed by atoms with Gasteiger partial charge in [-0.3, -0.25) is 20.2 Å². The normalized spacial score (nSPS) is 11.5. The summed E-state index contributed by atoms with van der Waals surface area (Å²) in [4.78, 5) is 20.7. The fraction of sp³-hybridized carbons (Fsp3) is 0.489. The van der Waals surface area contributed by atoms with Crippen LogP contribution in [0.25, 0.3) is 0 Å². The lowest BCUT2D eigenvalue weighted by molar-refractivity contribution is -0.393. The summed E-state index contributed by atoms with van der Waals surface area (Å²) in [5, 5.41) is 24.9. The monoisotopic (exact) mass is 909 g/mol. The molecule has 65 heavy (non-hydrogen) atoms. The van der Waals surface area contributed by atoms with E-state index in [1.54, 1.807) is 0 Å². The Kier molecular flexibility index (Phi) is 27.1. The Labute approximate surface area is 380 Å². The molecule has 18 nitrogen and oxygen atoms in total. The van der Waals surface area contributed by atoms with E-state index >= 15 is 0 Å². The number of non-ortho nitro benzene ring substituents is 1. The first-order valence-corrected chi connectivity index (χ1v) is 21.8. The van der Waals surface area contributed by atoms with Gasteiger partial charge in [-0.25, -0.2) is 0 Å². The topological polar surface area (TPSA) is 200 Å². The number of anilines is 1. The highest BCUT2D eigenvalue weighted by Gasteiger charge is 2.37. The van der Waals surface area contributed by atoms with E-state index in [-0.39, 0.29) is 30.2 Å². The molecule has 0 radical (unpaired) electrons. The molecule has 4 rings (SSSR count). The van der Waals surface area contributed by atoms with Gasteiger partial charge in [0.25, 0.3) is 11.4 Å². The summed E-state index contributed by atoms with van der Waals surface area (Å²) < 4.78 is 62.3. The fourth-order valence-electron chi connectivity index (χ4n) is 6.30. The summed E-state index contributed by atoms with van der Waals surface area (Å²) >= 11 is 0. The van der Waals surface area contributed by atoms with Crippen LogP contribution in [0.1, 0.15) is 16.7 Å². The first-order valence-electron chi connectivity index (χ1n) is 21.8. The molecular formula is C47H63N3O15. The van der Waals surface area contributed by atoms with Crippen LogP contribution < -0.4 is 5.32 Å². The second-order valence-corrected chi connectivity index (χ2v) is 13.9. The molecule has 1 N–H and O–H groups in total. The predicted molar refractivity (Wildman–Crippen MR) is 242 cm³/mol. The van der Waals surface area contributed by atoms with Crippen LogP contribution in [0.4, 0.5) is 17.1 Å². The maximum absolute atomic E-state index is 11.2. The number of nitrogens with zero attached hydrogens (tertiary/aromatic N) is 2. The van der Waals surface area contributed by atoms with E-state index in [1.165, 1.54) is 12.1 Å². The molecule has 0 unspecified atom stereocenters. The van der Waals surface area contributed by atoms with Crippen molar-refractivity contribution in [2.45, 2.75) is 5.60 Å². The van der Waals surface area contributed by atoms with Crippen LogP contribution in [0.3, 0.4) is 0 Å². The molecule has 0 amide bonds. The molecule has 0 saturated carbocycles. The third-order valence-electron chi connectivity index (χ3n) is 9.39. The molecular weight excluding hydrogens is 847 g/mol. The molecule has 0 aromatic heterocycles. The van der Waals surface area contributed by atoms with E-state index < -0.39 is 15.4 Å². The van der Waals surface area contributed by atoms with E-state index in [9.17, 15) is 20.2 Å². The van der Waals surface area contributed by atoms with Gasteiger partial charge >= 0.3 is 0 Å². The Morgan fingerprint density at radius 3 is 1.00 bits per heavy atom. The van der Waals surface area contributed by atoms with Crippen molar-refractivity contribution in [3.8, 4) is 0 Å². The molecule has 0 fully saturated rings. The molecule has 0 heterocycles. The molecule has 4 aromatic rings. The van der Waals surface area contributed by atoms with Crippen LogP contribution in [0.15, 0.2) is 109 Å². The minimum atomic E-state index is -0.768. The van der Waals surface area contributed by atoms with Crippen molar-refractivity contribution >= 4 is 17.1 Å². The zero-order valence-corrected chi connectivity index (χ0v) is 37.0. The molecule has 18 heteroatoms. The van der Waals surface area contributed by atoms with E-state index in [2.05, 4.69) is 41.7 Å². The highest BCUT2D eigenvalue weighted by molar-refractivity contribution is 5.65. The Hall–Kier alpha value is -4.96. The molecule has 0 spiro atoms. The third-order valence-corrected chi connectivity index (χ3v) is 9.39. The summed E-state index contributed by atoms with van der Waals surface area (Å²) in [6, 6.07) is 34.3. The first kappa shape index (κ1) is 52.7. The minimum absolute atomic E-state index is 0.183. The highest BCUT2D eigenvalue weighted by Crippen LogP contribution is 2.40. The molecule has 0 aliphatic carbocycles. The van der Waals surface area contributed by atoms with Crippen LogP contribution in [0, 0.1) is 20.2 Å². The largest absolute Gasteiger partial charge is 0.377 e. The van der Waals surface area contributed by atoms with Gasteiger partial charge in [-0.05, 0) is 22.8 Å². The lowest BCUT2D eigenvalue weighted by atomic mass is 9.80. The average molecular weight is 910 g/mol. The van der Waals surface area contributed by atoms with E-state index in [0.717, 1.165) is 22.8 Å². The van der Waals surface area contributed by atoms with Gasteiger partial charge in [0.1, 0.15) is 11.3 Å². The van der Waals surface area contributed by atoms with Crippen molar-refractivity contribution in [1.29, 1.82) is 0 Å². The lowest BCUT2D eigenvalue weighted by Crippen LogP contribution is -2.34. The highest BCUT2D eigenvalue weighted by atomic mass is 16.6. The molecule has 0 atom stereocenters. The fourth-order valence-corrected chi connectivity index (χ4v) is 6.30. The van der Waals surface area contributed by atoms with Crippen LogP contribution in [0.5, 0.6) is 0 Å². The summed E-state index contributed by atoms with van der Waals surface area (Å²) in [6.45, 7) is 9.28. The van der Waals surface area contributed by atoms with Gasteiger partial charge in [0.2, 0.25) is 0 Å². The summed E-state index contributed by atoms with van der Waals surface area (Å²) in [5.41, 5.74) is 1.86. The van der Waals surface area contributed by atoms with Gasteiger partial charge < -0.3 is 57.4 Å². The van der Waals surface area contributed by atoms with Gasteiger partial charge in [0, 0.05) is 12.6 Å². The molecule has 0 aliphatic heterocycles. The van der Waals surface area contributed by atoms with E-state index in [1.807, 2.05) is 54.6 Å². The number of nitro benzene ring substituents is 2. The molecule has 0 bridgehead atoms. The second-order valence-electron chi connectivity index (χ2n) is 13.9. The SMILES string of the molecule is O=[N+]([O-])c1ccc(NCCOCCOCCOCCOCCOCCOCCOCCOCCOCCOCCOC(c2ccccc2)(c2ccccc2)c2ccccc2)c([N+](=O)[O-])c1. The van der Waals surface area contributed by atoms with Crippen molar-refractivity contribution in [1.82, 2.24) is 0 Å². The molecule has 356 valence electrons. The Morgan fingerprint density at radius 2 is 0.692 bits per heavy atom. The molecule has 0 aliphatic rings. The number of benzene rings is 4. The average Bonchev–Trinajstić information content (AvgIpc) is 3.33. The lowest BCUT2D eigenvalue weighted by Gasteiger charge is -2.36. The molecule has 4 aromatic carbocycles.